The highest BCUT2D eigenvalue weighted by Crippen LogP contribution is 2.27. The van der Waals surface area contributed by atoms with Crippen LogP contribution in [-0.4, -0.2) is 60.0 Å². The van der Waals surface area contributed by atoms with E-state index < -0.39 is 0 Å². The summed E-state index contributed by atoms with van der Waals surface area (Å²) in [4.78, 5) is 21.3. The van der Waals surface area contributed by atoms with Gasteiger partial charge in [0, 0.05) is 25.6 Å². The number of likely N-dealkylation sites (tertiary alicyclic amines) is 2. The summed E-state index contributed by atoms with van der Waals surface area (Å²) in [5, 5.41) is 0. The van der Waals surface area contributed by atoms with Crippen LogP contribution in [0.4, 0.5) is 0 Å². The molecule has 0 unspecified atom stereocenters. The van der Waals surface area contributed by atoms with Crippen molar-refractivity contribution in [3.63, 3.8) is 0 Å². The lowest BCUT2D eigenvalue weighted by Crippen LogP contribution is -2.42. The van der Waals surface area contributed by atoms with E-state index in [4.69, 9.17) is 13.9 Å². The van der Waals surface area contributed by atoms with E-state index in [0.717, 1.165) is 69.7 Å². The van der Waals surface area contributed by atoms with Crippen molar-refractivity contribution in [1.82, 2.24) is 14.8 Å². The summed E-state index contributed by atoms with van der Waals surface area (Å²) >= 11 is 0. The maximum Gasteiger partial charge on any atom is 0.400 e. The molecule has 0 spiro atoms. The number of para-hydroxylation sites is 2. The van der Waals surface area contributed by atoms with Crippen LogP contribution in [-0.2, 0) is 4.79 Å². The lowest BCUT2D eigenvalue weighted by molar-refractivity contribution is -0.136. The van der Waals surface area contributed by atoms with Crippen molar-refractivity contribution in [2.75, 3.05) is 39.3 Å². The lowest BCUT2D eigenvalue weighted by atomic mass is 9.95. The van der Waals surface area contributed by atoms with E-state index in [1.807, 2.05) is 48.5 Å². The minimum Gasteiger partial charge on any atom is -0.492 e. The Morgan fingerprint density at radius 1 is 0.969 bits per heavy atom. The Hall–Kier alpha value is -3.06. The van der Waals surface area contributed by atoms with Crippen LogP contribution in [0, 0.1) is 5.92 Å². The molecule has 0 atom stereocenters. The molecule has 3 heterocycles. The fourth-order valence-electron chi connectivity index (χ4n) is 4.49. The fraction of sp³-hybridized carbons (Fsp3) is 0.440. The molecule has 5 rings (SSSR count). The van der Waals surface area contributed by atoms with E-state index in [0.29, 0.717) is 23.8 Å². The number of rotatable bonds is 7. The summed E-state index contributed by atoms with van der Waals surface area (Å²) in [5.41, 5.74) is 1.47. The van der Waals surface area contributed by atoms with Crippen LogP contribution in [0.2, 0.25) is 0 Å². The molecule has 168 valence electrons. The molecule has 2 fully saturated rings. The molecule has 2 aliphatic rings. The highest BCUT2D eigenvalue weighted by Gasteiger charge is 2.29. The van der Waals surface area contributed by atoms with Gasteiger partial charge in [0.25, 0.3) is 0 Å². The first-order chi connectivity index (χ1) is 15.7. The first-order valence-electron chi connectivity index (χ1n) is 11.5. The monoisotopic (exact) mass is 435 g/mol. The number of nitrogens with zero attached hydrogens (tertiary/aromatic N) is 3. The van der Waals surface area contributed by atoms with Crippen LogP contribution >= 0.6 is 0 Å². The molecule has 3 aromatic rings. The second-order valence-corrected chi connectivity index (χ2v) is 8.52. The van der Waals surface area contributed by atoms with E-state index in [-0.39, 0.29) is 12.0 Å². The summed E-state index contributed by atoms with van der Waals surface area (Å²) in [6.45, 7) is 5.31. The van der Waals surface area contributed by atoms with Crippen LogP contribution in [0.5, 0.6) is 17.6 Å². The molecule has 1 aromatic heterocycles. The van der Waals surface area contributed by atoms with Gasteiger partial charge in [0.2, 0.25) is 5.91 Å². The average Bonchev–Trinajstić information content (AvgIpc) is 3.50. The second kappa shape index (κ2) is 9.61. The number of carbonyl (C=O) groups excluding carboxylic acids is 1. The molecule has 1 amide bonds. The van der Waals surface area contributed by atoms with Gasteiger partial charge in [-0.3, -0.25) is 9.69 Å². The number of amides is 1. The Balaban J connectivity index is 1.04. The van der Waals surface area contributed by atoms with Gasteiger partial charge in [0.15, 0.2) is 5.58 Å². The Bertz CT molecular complexity index is 1000. The summed E-state index contributed by atoms with van der Waals surface area (Å²) in [6.07, 6.45) is 4.46. The molecule has 0 bridgehead atoms. The number of piperidine rings is 1. The number of hydrogen-bond acceptors (Lipinski definition) is 6. The number of aromatic nitrogens is 1. The number of ether oxygens (including phenoxy) is 2. The molecule has 7 heteroatoms. The maximum absolute atomic E-state index is 12.6. The van der Waals surface area contributed by atoms with Crippen molar-refractivity contribution in [1.29, 1.82) is 0 Å². The van der Waals surface area contributed by atoms with Crippen molar-refractivity contribution in [2.24, 2.45) is 5.92 Å². The van der Waals surface area contributed by atoms with Gasteiger partial charge in [0.1, 0.15) is 23.6 Å². The molecular weight excluding hydrogens is 406 g/mol. The molecular formula is C25H29N3O4. The van der Waals surface area contributed by atoms with Gasteiger partial charge < -0.3 is 18.8 Å². The number of carbonyl (C=O) groups is 1. The first-order valence-corrected chi connectivity index (χ1v) is 11.5. The van der Waals surface area contributed by atoms with Crippen molar-refractivity contribution >= 4 is 17.0 Å². The van der Waals surface area contributed by atoms with Crippen LogP contribution in [0.25, 0.3) is 11.1 Å². The van der Waals surface area contributed by atoms with Gasteiger partial charge in [-0.25, -0.2) is 0 Å². The summed E-state index contributed by atoms with van der Waals surface area (Å²) in [6, 6.07) is 15.0. The van der Waals surface area contributed by atoms with Crippen molar-refractivity contribution in [2.45, 2.75) is 25.7 Å². The zero-order valence-electron chi connectivity index (χ0n) is 18.2. The van der Waals surface area contributed by atoms with E-state index in [1.165, 1.54) is 0 Å². The number of oxazole rings is 1. The molecule has 32 heavy (non-hydrogen) atoms. The third-order valence-corrected chi connectivity index (χ3v) is 6.33. The van der Waals surface area contributed by atoms with Crippen molar-refractivity contribution in [3.05, 3.63) is 48.5 Å². The average molecular weight is 436 g/mol. The molecule has 2 aromatic carbocycles. The smallest absolute Gasteiger partial charge is 0.400 e. The highest BCUT2D eigenvalue weighted by molar-refractivity contribution is 5.79. The minimum atomic E-state index is 0.207. The molecule has 2 aliphatic heterocycles. The second-order valence-electron chi connectivity index (χ2n) is 8.52. The summed E-state index contributed by atoms with van der Waals surface area (Å²) in [5.74, 6) is 2.03. The van der Waals surface area contributed by atoms with Crippen molar-refractivity contribution in [3.8, 4) is 17.6 Å². The van der Waals surface area contributed by atoms with E-state index in [1.54, 1.807) is 0 Å². The zero-order valence-corrected chi connectivity index (χ0v) is 18.2. The molecule has 7 nitrogen and oxygen atoms in total. The molecule has 0 radical (unpaired) electrons. The van der Waals surface area contributed by atoms with Crippen LogP contribution in [0.3, 0.4) is 0 Å². The maximum atomic E-state index is 12.6. The van der Waals surface area contributed by atoms with Gasteiger partial charge in [0.05, 0.1) is 0 Å². The Kier molecular flexibility index (Phi) is 6.25. The van der Waals surface area contributed by atoms with E-state index >= 15 is 0 Å². The van der Waals surface area contributed by atoms with E-state index in [9.17, 15) is 4.79 Å². The quantitative estimate of drug-likeness (QED) is 0.550. The van der Waals surface area contributed by atoms with Crippen molar-refractivity contribution < 1.29 is 18.7 Å². The predicted octanol–water partition coefficient (Wildman–Crippen LogP) is 4.33. The zero-order chi connectivity index (χ0) is 21.8. The first kappa shape index (κ1) is 20.8. The van der Waals surface area contributed by atoms with Crippen LogP contribution in [0.15, 0.2) is 52.9 Å². The fourth-order valence-corrected chi connectivity index (χ4v) is 4.49. The minimum absolute atomic E-state index is 0.207. The Morgan fingerprint density at radius 3 is 2.44 bits per heavy atom. The number of fused-ring (bicyclic) bond motifs is 1. The SMILES string of the molecule is O=C(C1CCN(CCOc2ccc(Oc3nc4ccccc4o3)cc2)CC1)N1CCCC1. The van der Waals surface area contributed by atoms with Crippen LogP contribution < -0.4 is 9.47 Å². The molecule has 0 saturated carbocycles. The normalized spacial score (nSPS) is 17.7. The topological polar surface area (TPSA) is 68.0 Å². The third kappa shape index (κ3) is 4.88. The van der Waals surface area contributed by atoms with Gasteiger partial charge in [-0.15, -0.1) is 0 Å². The molecule has 0 aliphatic carbocycles. The number of hydrogen-bond donors (Lipinski definition) is 0. The van der Waals surface area contributed by atoms with Gasteiger partial charge in [-0.1, -0.05) is 12.1 Å². The summed E-state index contributed by atoms with van der Waals surface area (Å²) < 4.78 is 17.2. The Morgan fingerprint density at radius 2 is 1.69 bits per heavy atom. The number of benzene rings is 2. The van der Waals surface area contributed by atoms with E-state index in [2.05, 4.69) is 14.8 Å². The van der Waals surface area contributed by atoms with Gasteiger partial charge in [-0.2, -0.15) is 4.98 Å². The molecule has 2 saturated heterocycles. The predicted molar refractivity (Wildman–Crippen MR) is 121 cm³/mol. The molecule has 0 N–H and O–H groups in total. The largest absolute Gasteiger partial charge is 0.492 e. The van der Waals surface area contributed by atoms with Crippen LogP contribution in [0.1, 0.15) is 25.7 Å². The Labute approximate surface area is 187 Å². The van der Waals surface area contributed by atoms with Gasteiger partial charge >= 0.3 is 6.08 Å². The third-order valence-electron chi connectivity index (χ3n) is 6.33. The highest BCUT2D eigenvalue weighted by atomic mass is 16.6. The van der Waals surface area contributed by atoms with Gasteiger partial charge in [-0.05, 0) is 75.2 Å². The standard InChI is InChI=1S/C25H29N3O4/c29-24(28-13-3-4-14-28)19-11-15-27(16-12-19)17-18-30-20-7-9-21(10-8-20)31-25-26-22-5-1-2-6-23(22)32-25/h1-2,5-10,19H,3-4,11-18H2. The lowest BCUT2D eigenvalue weighted by Gasteiger charge is -2.33. The summed E-state index contributed by atoms with van der Waals surface area (Å²) in [7, 11) is 0.